The lowest BCUT2D eigenvalue weighted by atomic mass is 10.1. The highest BCUT2D eigenvalue weighted by Crippen LogP contribution is 2.30. The molecular weight excluding hydrogens is 246 g/mol. The molecule has 2 N–H and O–H groups in total. The van der Waals surface area contributed by atoms with E-state index in [1.165, 1.54) is 5.56 Å². The molecule has 0 saturated carbocycles. The molecule has 1 amide bonds. The summed E-state index contributed by atoms with van der Waals surface area (Å²) < 4.78 is 0. The van der Waals surface area contributed by atoms with Crippen LogP contribution in [0.1, 0.15) is 24.4 Å². The Morgan fingerprint density at radius 3 is 3.00 bits per heavy atom. The zero-order chi connectivity index (χ0) is 13.1. The molecule has 2 atom stereocenters. The van der Waals surface area contributed by atoms with Gasteiger partial charge in [0.1, 0.15) is 0 Å². The molecule has 0 spiro atoms. The Morgan fingerprint density at radius 1 is 1.67 bits per heavy atom. The maximum atomic E-state index is 12.2. The van der Waals surface area contributed by atoms with E-state index in [4.69, 9.17) is 5.73 Å². The van der Waals surface area contributed by atoms with Crippen LogP contribution in [0.25, 0.3) is 0 Å². The van der Waals surface area contributed by atoms with E-state index in [2.05, 4.69) is 21.7 Å². The van der Waals surface area contributed by atoms with Crippen LogP contribution in [0.3, 0.4) is 0 Å². The predicted octanol–water partition coefficient (Wildman–Crippen LogP) is 1.30. The Balaban J connectivity index is 2.17. The monoisotopic (exact) mass is 267 g/mol. The molecule has 1 saturated heterocycles. The van der Waals surface area contributed by atoms with E-state index in [1.807, 2.05) is 14.1 Å². The third-order valence-corrected chi connectivity index (χ3v) is 4.27. The molecule has 0 radical (unpaired) electrons. The molecule has 2 rings (SSSR count). The van der Waals surface area contributed by atoms with E-state index in [0.29, 0.717) is 6.54 Å². The second kappa shape index (κ2) is 5.82. The Bertz CT molecular complexity index is 391. The minimum Gasteiger partial charge on any atom is -0.347 e. The van der Waals surface area contributed by atoms with Crippen molar-refractivity contribution in [3.8, 4) is 0 Å². The molecule has 4 nitrogen and oxygen atoms in total. The van der Waals surface area contributed by atoms with Gasteiger partial charge in [0.15, 0.2) is 0 Å². The number of thiophene rings is 1. The van der Waals surface area contributed by atoms with Crippen LogP contribution in [0.4, 0.5) is 0 Å². The van der Waals surface area contributed by atoms with Gasteiger partial charge in [-0.05, 0) is 41.8 Å². The van der Waals surface area contributed by atoms with E-state index < -0.39 is 0 Å². The molecule has 1 aromatic rings. The summed E-state index contributed by atoms with van der Waals surface area (Å²) in [5.41, 5.74) is 7.16. The maximum absolute atomic E-state index is 12.2. The summed E-state index contributed by atoms with van der Waals surface area (Å²) >= 11 is 1.68. The lowest BCUT2D eigenvalue weighted by Gasteiger charge is -2.32. The molecule has 1 aromatic heterocycles. The molecule has 2 unspecified atom stereocenters. The van der Waals surface area contributed by atoms with E-state index in [9.17, 15) is 4.79 Å². The fourth-order valence-electron chi connectivity index (χ4n) is 2.65. The number of amides is 1. The van der Waals surface area contributed by atoms with Crippen molar-refractivity contribution >= 4 is 17.2 Å². The first kappa shape index (κ1) is 13.5. The lowest BCUT2D eigenvalue weighted by Crippen LogP contribution is -2.45. The first-order valence-electron chi connectivity index (χ1n) is 6.34. The number of carbonyl (C=O) groups excluding carboxylic acids is 1. The van der Waals surface area contributed by atoms with Crippen LogP contribution in [0.15, 0.2) is 16.8 Å². The Hall–Kier alpha value is -0.910. The molecule has 18 heavy (non-hydrogen) atoms. The fraction of sp³-hybridized carbons (Fsp3) is 0.615. The highest BCUT2D eigenvalue weighted by atomic mass is 32.1. The minimum absolute atomic E-state index is 0.00606. The van der Waals surface area contributed by atoms with Crippen LogP contribution in [0.5, 0.6) is 0 Å². The van der Waals surface area contributed by atoms with Gasteiger partial charge in [-0.25, -0.2) is 0 Å². The third kappa shape index (κ3) is 2.58. The van der Waals surface area contributed by atoms with Crippen molar-refractivity contribution in [3.63, 3.8) is 0 Å². The molecule has 1 aliphatic rings. The predicted molar refractivity (Wildman–Crippen MR) is 74.5 cm³/mol. The van der Waals surface area contributed by atoms with Gasteiger partial charge in [0.2, 0.25) is 5.91 Å². The zero-order valence-corrected chi connectivity index (χ0v) is 11.8. The first-order chi connectivity index (χ1) is 8.65. The van der Waals surface area contributed by atoms with Crippen LogP contribution in [-0.2, 0) is 4.79 Å². The van der Waals surface area contributed by atoms with Gasteiger partial charge in [0.25, 0.3) is 0 Å². The van der Waals surface area contributed by atoms with Gasteiger partial charge in [-0.2, -0.15) is 11.3 Å². The average Bonchev–Trinajstić information content (AvgIpc) is 3.00. The Morgan fingerprint density at radius 2 is 2.44 bits per heavy atom. The molecule has 2 heterocycles. The summed E-state index contributed by atoms with van der Waals surface area (Å²) in [6.07, 6.45) is 2.02. The number of likely N-dealkylation sites (N-methyl/N-ethyl adjacent to an activating group) is 1. The standard InChI is InChI=1S/C13H21N3OS/c1-15(2)13(17)11-4-3-6-16(11)12(8-14)10-5-7-18-9-10/h5,7,9,11-12H,3-4,6,8,14H2,1-2H3. The lowest BCUT2D eigenvalue weighted by molar-refractivity contribution is -0.134. The number of nitrogens with two attached hydrogens (primary N) is 1. The van der Waals surface area contributed by atoms with Crippen LogP contribution in [-0.4, -0.2) is 48.9 Å². The summed E-state index contributed by atoms with van der Waals surface area (Å²) in [4.78, 5) is 16.1. The van der Waals surface area contributed by atoms with Gasteiger partial charge < -0.3 is 10.6 Å². The van der Waals surface area contributed by atoms with Crippen molar-refractivity contribution < 1.29 is 4.79 Å². The normalized spacial score (nSPS) is 22.1. The summed E-state index contributed by atoms with van der Waals surface area (Å²) in [5, 5.41) is 4.20. The molecule has 0 aromatic carbocycles. The van der Waals surface area contributed by atoms with Crippen molar-refractivity contribution in [1.29, 1.82) is 0 Å². The number of nitrogens with zero attached hydrogens (tertiary/aromatic N) is 2. The SMILES string of the molecule is CN(C)C(=O)C1CCCN1C(CN)c1ccsc1. The van der Waals surface area contributed by atoms with Gasteiger partial charge in [-0.15, -0.1) is 0 Å². The fourth-order valence-corrected chi connectivity index (χ4v) is 3.36. The van der Waals surface area contributed by atoms with Gasteiger partial charge >= 0.3 is 0 Å². The minimum atomic E-state index is -0.00606. The van der Waals surface area contributed by atoms with Crippen molar-refractivity contribution in [2.75, 3.05) is 27.2 Å². The topological polar surface area (TPSA) is 49.6 Å². The van der Waals surface area contributed by atoms with Gasteiger partial charge in [-0.3, -0.25) is 9.69 Å². The summed E-state index contributed by atoms with van der Waals surface area (Å²) in [6, 6.07) is 2.28. The number of rotatable bonds is 4. The molecule has 0 aliphatic carbocycles. The van der Waals surface area contributed by atoms with Crippen molar-refractivity contribution in [3.05, 3.63) is 22.4 Å². The highest BCUT2D eigenvalue weighted by Gasteiger charge is 2.36. The maximum Gasteiger partial charge on any atom is 0.239 e. The number of hydrogen-bond donors (Lipinski definition) is 1. The molecule has 0 bridgehead atoms. The van der Waals surface area contributed by atoms with Crippen LogP contribution in [0.2, 0.25) is 0 Å². The van der Waals surface area contributed by atoms with Gasteiger partial charge in [0, 0.05) is 26.7 Å². The van der Waals surface area contributed by atoms with E-state index in [-0.39, 0.29) is 18.0 Å². The van der Waals surface area contributed by atoms with Crippen LogP contribution >= 0.6 is 11.3 Å². The number of likely N-dealkylation sites (tertiary alicyclic amines) is 1. The molecule has 100 valence electrons. The van der Waals surface area contributed by atoms with Gasteiger partial charge in [0.05, 0.1) is 6.04 Å². The largest absolute Gasteiger partial charge is 0.347 e. The number of hydrogen-bond acceptors (Lipinski definition) is 4. The summed E-state index contributed by atoms with van der Waals surface area (Å²) in [7, 11) is 3.64. The Labute approximate surface area is 112 Å². The average molecular weight is 267 g/mol. The number of carbonyl (C=O) groups is 1. The van der Waals surface area contributed by atoms with Gasteiger partial charge in [-0.1, -0.05) is 0 Å². The quantitative estimate of drug-likeness (QED) is 0.894. The van der Waals surface area contributed by atoms with Crippen molar-refractivity contribution in [2.45, 2.75) is 24.9 Å². The van der Waals surface area contributed by atoms with E-state index in [1.54, 1.807) is 16.2 Å². The van der Waals surface area contributed by atoms with Crippen LogP contribution in [0, 0.1) is 0 Å². The van der Waals surface area contributed by atoms with Crippen molar-refractivity contribution in [1.82, 2.24) is 9.80 Å². The molecule has 5 heteroatoms. The zero-order valence-electron chi connectivity index (χ0n) is 11.0. The van der Waals surface area contributed by atoms with Crippen LogP contribution < -0.4 is 5.73 Å². The molecule has 1 aliphatic heterocycles. The Kier molecular flexibility index (Phi) is 4.37. The second-order valence-electron chi connectivity index (χ2n) is 4.94. The van der Waals surface area contributed by atoms with E-state index in [0.717, 1.165) is 19.4 Å². The van der Waals surface area contributed by atoms with E-state index >= 15 is 0 Å². The summed E-state index contributed by atoms with van der Waals surface area (Å²) in [5.74, 6) is 0.196. The summed E-state index contributed by atoms with van der Waals surface area (Å²) in [6.45, 7) is 1.52. The smallest absolute Gasteiger partial charge is 0.239 e. The van der Waals surface area contributed by atoms with Crippen molar-refractivity contribution in [2.24, 2.45) is 5.73 Å². The molecule has 1 fully saturated rings. The third-order valence-electron chi connectivity index (χ3n) is 3.57. The first-order valence-corrected chi connectivity index (χ1v) is 7.28. The molecular formula is C13H21N3OS. The highest BCUT2D eigenvalue weighted by molar-refractivity contribution is 7.07. The second-order valence-corrected chi connectivity index (χ2v) is 5.72.